The quantitative estimate of drug-likeness (QED) is 0.203. The monoisotopic (exact) mass is 708 g/mol. The molecule has 7 rings (SSSR count). The average molecular weight is 709 g/mol. The van der Waals surface area contributed by atoms with Crippen LogP contribution < -0.4 is 5.32 Å². The van der Waals surface area contributed by atoms with Crippen LogP contribution in [0, 0.1) is 5.92 Å². The van der Waals surface area contributed by atoms with E-state index in [1.165, 1.54) is 21.8 Å². The number of carbonyl (C=O) groups is 3. The number of carbonyl (C=O) groups excluding carboxylic acids is 2. The minimum atomic E-state index is -0.921. The van der Waals surface area contributed by atoms with Gasteiger partial charge < -0.3 is 24.8 Å². The lowest BCUT2D eigenvalue weighted by molar-refractivity contribution is -0.178. The molecular formula is C40H44N4O6S. The summed E-state index contributed by atoms with van der Waals surface area (Å²) < 4.78 is 11.8. The van der Waals surface area contributed by atoms with Crippen LogP contribution in [-0.2, 0) is 30.9 Å². The highest BCUT2D eigenvalue weighted by atomic mass is 32.1. The van der Waals surface area contributed by atoms with E-state index in [9.17, 15) is 19.5 Å². The van der Waals surface area contributed by atoms with E-state index in [1.807, 2.05) is 42.7 Å². The number of benzene rings is 2. The molecule has 3 aliphatic rings. The normalized spacial score (nSPS) is 18.4. The Kier molecular flexibility index (Phi) is 9.80. The van der Waals surface area contributed by atoms with Gasteiger partial charge in [-0.15, -0.1) is 11.3 Å². The first-order chi connectivity index (χ1) is 24.5. The number of carboxylic acid groups (broad SMARTS) is 1. The highest BCUT2D eigenvalue weighted by molar-refractivity contribution is 7.14. The lowest BCUT2D eigenvalue weighted by Crippen LogP contribution is -2.59. The summed E-state index contributed by atoms with van der Waals surface area (Å²) in [5.41, 5.74) is 4.91. The van der Waals surface area contributed by atoms with Gasteiger partial charge >= 0.3 is 5.97 Å². The fourth-order valence-corrected chi connectivity index (χ4v) is 8.07. The molecule has 1 atom stereocenters. The van der Waals surface area contributed by atoms with Gasteiger partial charge in [-0.3, -0.25) is 14.4 Å². The highest BCUT2D eigenvalue weighted by Gasteiger charge is 2.41. The van der Waals surface area contributed by atoms with E-state index in [0.29, 0.717) is 29.8 Å². The maximum atomic E-state index is 13.5. The summed E-state index contributed by atoms with van der Waals surface area (Å²) in [6.45, 7) is 7.93. The molecule has 0 bridgehead atoms. The Morgan fingerprint density at radius 2 is 1.53 bits per heavy atom. The van der Waals surface area contributed by atoms with E-state index in [4.69, 9.17) is 9.47 Å². The Labute approximate surface area is 302 Å². The SMILES string of the molecule is CC(C)(C)c1ccc(C(=O)N[C@@H](Cc2ccc(-c3ncc(-c4ccc(C5CCC6(CC5)OCCO6)cc4)cn3)cc2)C(=O)N2CC(C(=O)O)C2)s1. The second-order valence-corrected chi connectivity index (χ2v) is 16.0. The van der Waals surface area contributed by atoms with E-state index >= 15 is 0 Å². The summed E-state index contributed by atoms with van der Waals surface area (Å²) in [7, 11) is 0. The largest absolute Gasteiger partial charge is 0.481 e. The maximum Gasteiger partial charge on any atom is 0.310 e. The van der Waals surface area contributed by atoms with Crippen molar-refractivity contribution >= 4 is 29.1 Å². The van der Waals surface area contributed by atoms with Crippen LogP contribution in [0.2, 0.25) is 0 Å². The zero-order chi connectivity index (χ0) is 35.8. The standard InChI is InChI=1S/C40H44N4O6S/c1-39(2,3)34-13-12-33(51-34)36(45)43-32(37(46)44-23-31(24-44)38(47)48)20-25-4-6-29(7-5-25)35-41-21-30(22-42-35)27-10-8-26(9-11-27)28-14-16-40(17-15-28)49-18-19-50-40/h4-13,21-22,28,31-32H,14-20,23-24H2,1-3H3,(H,43,45)(H,47,48)/t32-/m0/s1. The summed E-state index contributed by atoms with van der Waals surface area (Å²) in [5.74, 6) is -1.37. The number of nitrogens with one attached hydrogen (secondary N) is 1. The predicted molar refractivity (Wildman–Crippen MR) is 194 cm³/mol. The molecular weight excluding hydrogens is 665 g/mol. The van der Waals surface area contributed by atoms with Crippen molar-refractivity contribution in [3.05, 3.63) is 93.9 Å². The topological polar surface area (TPSA) is 131 Å². The Bertz CT molecular complexity index is 1860. The smallest absolute Gasteiger partial charge is 0.310 e. The van der Waals surface area contributed by atoms with Crippen LogP contribution in [0.1, 0.15) is 78.0 Å². The average Bonchev–Trinajstić information content (AvgIpc) is 3.79. The summed E-state index contributed by atoms with van der Waals surface area (Å²) in [6.07, 6.45) is 7.92. The molecule has 3 fully saturated rings. The number of rotatable bonds is 9. The molecule has 266 valence electrons. The van der Waals surface area contributed by atoms with Gasteiger partial charge in [-0.1, -0.05) is 69.3 Å². The fourth-order valence-electron chi connectivity index (χ4n) is 7.10. The third-order valence-corrected chi connectivity index (χ3v) is 11.8. The molecule has 0 unspecified atom stereocenters. The van der Waals surface area contributed by atoms with Crippen molar-refractivity contribution in [3.63, 3.8) is 0 Å². The van der Waals surface area contributed by atoms with E-state index in [-0.39, 0.29) is 42.5 Å². The first-order valence-electron chi connectivity index (χ1n) is 17.7. The number of likely N-dealkylation sites (tertiary alicyclic amines) is 1. The van der Waals surface area contributed by atoms with Crippen LogP contribution in [0.3, 0.4) is 0 Å². The lowest BCUT2D eigenvalue weighted by atomic mass is 9.81. The number of hydrogen-bond donors (Lipinski definition) is 2. The first-order valence-corrected chi connectivity index (χ1v) is 18.5. The fraction of sp³-hybridized carbons (Fsp3) is 0.425. The van der Waals surface area contributed by atoms with Crippen LogP contribution in [0.15, 0.2) is 73.1 Å². The predicted octanol–water partition coefficient (Wildman–Crippen LogP) is 6.45. The highest BCUT2D eigenvalue weighted by Crippen LogP contribution is 2.42. The van der Waals surface area contributed by atoms with Crippen molar-refractivity contribution in [2.75, 3.05) is 26.3 Å². The van der Waals surface area contributed by atoms with Crippen LogP contribution in [0.4, 0.5) is 0 Å². The number of thiophene rings is 1. The molecule has 1 saturated carbocycles. The van der Waals surface area contributed by atoms with Gasteiger partial charge in [0.1, 0.15) is 6.04 Å². The summed E-state index contributed by atoms with van der Waals surface area (Å²) >= 11 is 1.41. The van der Waals surface area contributed by atoms with E-state index < -0.39 is 17.9 Å². The third-order valence-electron chi connectivity index (χ3n) is 10.3. The van der Waals surface area contributed by atoms with Gasteiger partial charge in [0, 0.05) is 60.7 Å². The zero-order valence-electron chi connectivity index (χ0n) is 29.3. The number of carboxylic acids is 1. The summed E-state index contributed by atoms with van der Waals surface area (Å²) in [5, 5.41) is 12.3. The van der Waals surface area contributed by atoms with E-state index in [1.54, 1.807) is 6.07 Å². The molecule has 2 N–H and O–H groups in total. The minimum Gasteiger partial charge on any atom is -0.481 e. The number of amides is 2. The maximum absolute atomic E-state index is 13.5. The number of hydrogen-bond acceptors (Lipinski definition) is 8. The number of aromatic nitrogens is 2. The van der Waals surface area contributed by atoms with Crippen molar-refractivity contribution < 1.29 is 29.0 Å². The first kappa shape index (κ1) is 35.0. The molecule has 4 aromatic rings. The van der Waals surface area contributed by atoms with Gasteiger partial charge in [-0.05, 0) is 53.0 Å². The molecule has 11 heteroatoms. The van der Waals surface area contributed by atoms with Gasteiger partial charge in [0.25, 0.3) is 5.91 Å². The van der Waals surface area contributed by atoms with Gasteiger partial charge in [0.15, 0.2) is 11.6 Å². The molecule has 0 radical (unpaired) electrons. The molecule has 2 saturated heterocycles. The van der Waals surface area contributed by atoms with Crippen LogP contribution in [0.25, 0.3) is 22.5 Å². The van der Waals surface area contributed by atoms with Crippen molar-refractivity contribution in [1.29, 1.82) is 0 Å². The summed E-state index contributed by atoms with van der Waals surface area (Å²) in [4.78, 5) is 50.6. The Balaban J connectivity index is 0.995. The van der Waals surface area contributed by atoms with Gasteiger partial charge in [0.2, 0.25) is 5.91 Å². The van der Waals surface area contributed by atoms with Crippen LogP contribution in [-0.4, -0.2) is 75.9 Å². The van der Waals surface area contributed by atoms with Crippen molar-refractivity contribution in [1.82, 2.24) is 20.2 Å². The molecule has 1 aliphatic carbocycles. The Hall–Kier alpha value is -4.45. The molecule has 2 aromatic carbocycles. The third kappa shape index (κ3) is 7.75. The van der Waals surface area contributed by atoms with E-state index in [0.717, 1.165) is 52.8 Å². The molecule has 2 amide bonds. The molecule has 51 heavy (non-hydrogen) atoms. The lowest BCUT2D eigenvalue weighted by Gasteiger charge is -2.38. The minimum absolute atomic E-state index is 0.0973. The molecule has 2 aliphatic heterocycles. The Morgan fingerprint density at radius 1 is 0.902 bits per heavy atom. The van der Waals surface area contributed by atoms with Gasteiger partial charge in [-0.2, -0.15) is 0 Å². The molecule has 1 spiro atoms. The van der Waals surface area contributed by atoms with Crippen LogP contribution in [0.5, 0.6) is 0 Å². The number of nitrogens with zero attached hydrogens (tertiary/aromatic N) is 3. The molecule has 2 aromatic heterocycles. The zero-order valence-corrected chi connectivity index (χ0v) is 30.1. The molecule has 10 nitrogen and oxygen atoms in total. The number of aliphatic carboxylic acids is 1. The van der Waals surface area contributed by atoms with Crippen molar-refractivity contribution in [2.45, 2.75) is 76.0 Å². The Morgan fingerprint density at radius 3 is 2.12 bits per heavy atom. The summed E-state index contributed by atoms with van der Waals surface area (Å²) in [6, 6.07) is 19.2. The van der Waals surface area contributed by atoms with Gasteiger partial charge in [-0.25, -0.2) is 9.97 Å². The second-order valence-electron chi connectivity index (χ2n) is 14.9. The van der Waals surface area contributed by atoms with Crippen molar-refractivity contribution in [2.24, 2.45) is 5.92 Å². The molecule has 4 heterocycles. The van der Waals surface area contributed by atoms with Crippen LogP contribution >= 0.6 is 11.3 Å². The van der Waals surface area contributed by atoms with E-state index in [2.05, 4.69) is 60.3 Å². The van der Waals surface area contributed by atoms with Crippen molar-refractivity contribution in [3.8, 4) is 22.5 Å². The van der Waals surface area contributed by atoms with Gasteiger partial charge in [0.05, 0.1) is 24.0 Å². The number of ether oxygens (including phenoxy) is 2. The second kappa shape index (κ2) is 14.3.